The first-order valence-corrected chi connectivity index (χ1v) is 7.09. The molecule has 0 fully saturated rings. The van der Waals surface area contributed by atoms with Crippen LogP contribution in [0.2, 0.25) is 0 Å². The molecule has 1 rings (SSSR count). The van der Waals surface area contributed by atoms with Gasteiger partial charge in [0.25, 0.3) is 0 Å². The molecule has 0 amide bonds. The summed E-state index contributed by atoms with van der Waals surface area (Å²) in [7, 11) is 0. The summed E-state index contributed by atoms with van der Waals surface area (Å²) in [6, 6.07) is 7.82. The van der Waals surface area contributed by atoms with Gasteiger partial charge in [0.2, 0.25) is 0 Å². The summed E-state index contributed by atoms with van der Waals surface area (Å²) in [6.07, 6.45) is 0.0949. The van der Waals surface area contributed by atoms with E-state index in [2.05, 4.69) is 34.6 Å². The van der Waals surface area contributed by atoms with Crippen molar-refractivity contribution in [3.05, 3.63) is 29.8 Å². The van der Waals surface area contributed by atoms with Gasteiger partial charge in [-0.15, -0.1) is 0 Å². The zero-order chi connectivity index (χ0) is 14.8. The van der Waals surface area contributed by atoms with Crippen molar-refractivity contribution >= 4 is 0 Å². The lowest BCUT2D eigenvalue weighted by Crippen LogP contribution is -2.45. The third kappa shape index (κ3) is 3.11. The van der Waals surface area contributed by atoms with E-state index in [1.54, 1.807) is 0 Å². The van der Waals surface area contributed by atoms with Gasteiger partial charge in [0.1, 0.15) is 11.4 Å². The Kier molecular flexibility index (Phi) is 4.67. The SMILES string of the molecule is CC(C)Oc1ccccc1C(O)(C(C)C)C(C)(C)C. The number of hydrogen-bond acceptors (Lipinski definition) is 2. The minimum absolute atomic E-state index is 0.0949. The molecule has 19 heavy (non-hydrogen) atoms. The lowest BCUT2D eigenvalue weighted by Gasteiger charge is -2.44. The molecule has 1 N–H and O–H groups in total. The Hall–Kier alpha value is -1.02. The van der Waals surface area contributed by atoms with Crippen LogP contribution in [0.4, 0.5) is 0 Å². The molecular weight excluding hydrogens is 236 g/mol. The van der Waals surface area contributed by atoms with Crippen LogP contribution < -0.4 is 4.74 Å². The largest absolute Gasteiger partial charge is 0.491 e. The molecule has 0 saturated carbocycles. The van der Waals surface area contributed by atoms with E-state index in [1.807, 2.05) is 38.1 Å². The maximum Gasteiger partial charge on any atom is 0.125 e. The molecule has 108 valence electrons. The molecule has 1 atom stereocenters. The van der Waals surface area contributed by atoms with Crippen molar-refractivity contribution in [2.75, 3.05) is 0 Å². The van der Waals surface area contributed by atoms with E-state index in [-0.39, 0.29) is 17.4 Å². The van der Waals surface area contributed by atoms with Crippen molar-refractivity contribution < 1.29 is 9.84 Å². The summed E-state index contributed by atoms with van der Waals surface area (Å²) in [5, 5.41) is 11.3. The molecule has 0 heterocycles. The molecular formula is C17H28O2. The monoisotopic (exact) mass is 264 g/mol. The Morgan fingerprint density at radius 1 is 1.00 bits per heavy atom. The zero-order valence-electron chi connectivity index (χ0n) is 13.3. The standard InChI is InChI=1S/C17H28O2/c1-12(2)17(18,16(5,6)7)14-10-8-9-11-15(14)19-13(3)4/h8-13,18H,1-7H3. The topological polar surface area (TPSA) is 29.5 Å². The normalized spacial score (nSPS) is 15.7. The number of rotatable bonds is 4. The van der Waals surface area contributed by atoms with E-state index >= 15 is 0 Å². The molecule has 0 aliphatic carbocycles. The highest BCUT2D eigenvalue weighted by atomic mass is 16.5. The second-order valence-corrected chi connectivity index (χ2v) is 6.83. The molecule has 1 aromatic rings. The molecule has 1 aromatic carbocycles. The summed E-state index contributed by atoms with van der Waals surface area (Å²) < 4.78 is 5.88. The van der Waals surface area contributed by atoms with Gasteiger partial charge in [-0.25, -0.2) is 0 Å². The van der Waals surface area contributed by atoms with Crippen molar-refractivity contribution in [2.24, 2.45) is 11.3 Å². The average molecular weight is 264 g/mol. The van der Waals surface area contributed by atoms with Gasteiger partial charge in [-0.3, -0.25) is 0 Å². The molecule has 1 unspecified atom stereocenters. The maximum absolute atomic E-state index is 11.3. The van der Waals surface area contributed by atoms with Crippen LogP contribution in [0.25, 0.3) is 0 Å². The van der Waals surface area contributed by atoms with E-state index in [0.29, 0.717) is 0 Å². The Bertz CT molecular complexity index is 416. The Morgan fingerprint density at radius 2 is 1.53 bits per heavy atom. The van der Waals surface area contributed by atoms with Gasteiger partial charge >= 0.3 is 0 Å². The van der Waals surface area contributed by atoms with Crippen LogP contribution in [0, 0.1) is 11.3 Å². The van der Waals surface area contributed by atoms with Crippen molar-refractivity contribution in [3.63, 3.8) is 0 Å². The van der Waals surface area contributed by atoms with Crippen molar-refractivity contribution in [2.45, 2.75) is 60.2 Å². The van der Waals surface area contributed by atoms with Crippen molar-refractivity contribution in [3.8, 4) is 5.75 Å². The first-order chi connectivity index (χ1) is 8.60. The fourth-order valence-electron chi connectivity index (χ4n) is 2.72. The Balaban J connectivity index is 3.40. The Morgan fingerprint density at radius 3 is 1.95 bits per heavy atom. The third-order valence-corrected chi connectivity index (χ3v) is 3.64. The number of hydrogen-bond donors (Lipinski definition) is 1. The number of ether oxygens (including phenoxy) is 1. The van der Waals surface area contributed by atoms with Crippen LogP contribution in [-0.4, -0.2) is 11.2 Å². The fraction of sp³-hybridized carbons (Fsp3) is 0.647. The van der Waals surface area contributed by atoms with Crippen LogP contribution in [0.15, 0.2) is 24.3 Å². The lowest BCUT2D eigenvalue weighted by atomic mass is 9.66. The molecule has 2 nitrogen and oxygen atoms in total. The highest BCUT2D eigenvalue weighted by Gasteiger charge is 2.46. The molecule has 0 bridgehead atoms. The highest BCUT2D eigenvalue weighted by Crippen LogP contribution is 2.47. The first-order valence-electron chi connectivity index (χ1n) is 7.09. The molecule has 0 aromatic heterocycles. The van der Waals surface area contributed by atoms with Gasteiger partial charge in [-0.05, 0) is 31.2 Å². The Labute approximate surface area is 117 Å². The van der Waals surface area contributed by atoms with Crippen molar-refractivity contribution in [1.82, 2.24) is 0 Å². The van der Waals surface area contributed by atoms with Crippen LogP contribution in [-0.2, 0) is 5.60 Å². The van der Waals surface area contributed by atoms with E-state index in [9.17, 15) is 5.11 Å². The van der Waals surface area contributed by atoms with E-state index in [1.165, 1.54) is 0 Å². The molecule has 2 heteroatoms. The quantitative estimate of drug-likeness (QED) is 0.875. The molecule has 0 aliphatic heterocycles. The summed E-state index contributed by atoms with van der Waals surface area (Å²) >= 11 is 0. The second-order valence-electron chi connectivity index (χ2n) is 6.83. The number of aliphatic hydroxyl groups is 1. The predicted molar refractivity (Wildman–Crippen MR) is 80.4 cm³/mol. The predicted octanol–water partition coefficient (Wildman–Crippen LogP) is 4.36. The molecule has 0 saturated heterocycles. The van der Waals surface area contributed by atoms with Crippen LogP contribution in [0.3, 0.4) is 0 Å². The fourth-order valence-corrected chi connectivity index (χ4v) is 2.72. The van der Waals surface area contributed by atoms with Gasteiger partial charge in [0, 0.05) is 5.56 Å². The van der Waals surface area contributed by atoms with Gasteiger partial charge < -0.3 is 9.84 Å². The van der Waals surface area contributed by atoms with E-state index < -0.39 is 5.60 Å². The average Bonchev–Trinajstić information content (AvgIpc) is 2.26. The minimum atomic E-state index is -0.918. The van der Waals surface area contributed by atoms with Gasteiger partial charge in [0.15, 0.2) is 0 Å². The van der Waals surface area contributed by atoms with Crippen LogP contribution in [0.1, 0.15) is 54.0 Å². The molecule has 0 radical (unpaired) electrons. The maximum atomic E-state index is 11.3. The molecule has 0 spiro atoms. The summed E-state index contributed by atoms with van der Waals surface area (Å²) in [5.74, 6) is 0.882. The first kappa shape index (κ1) is 16.0. The second kappa shape index (κ2) is 5.54. The van der Waals surface area contributed by atoms with Crippen LogP contribution >= 0.6 is 0 Å². The lowest BCUT2D eigenvalue weighted by molar-refractivity contribution is -0.104. The number of para-hydroxylation sites is 1. The summed E-state index contributed by atoms with van der Waals surface area (Å²) in [6.45, 7) is 14.3. The summed E-state index contributed by atoms with van der Waals surface area (Å²) in [5.41, 5.74) is -0.304. The minimum Gasteiger partial charge on any atom is -0.491 e. The van der Waals surface area contributed by atoms with Gasteiger partial charge in [-0.1, -0.05) is 52.8 Å². The van der Waals surface area contributed by atoms with Gasteiger partial charge in [0.05, 0.1) is 6.10 Å². The van der Waals surface area contributed by atoms with E-state index in [0.717, 1.165) is 11.3 Å². The van der Waals surface area contributed by atoms with Crippen LogP contribution in [0.5, 0.6) is 5.75 Å². The highest BCUT2D eigenvalue weighted by molar-refractivity contribution is 5.39. The van der Waals surface area contributed by atoms with E-state index in [4.69, 9.17) is 4.74 Å². The third-order valence-electron chi connectivity index (χ3n) is 3.64. The smallest absolute Gasteiger partial charge is 0.125 e. The number of benzene rings is 1. The zero-order valence-corrected chi connectivity index (χ0v) is 13.3. The van der Waals surface area contributed by atoms with Gasteiger partial charge in [-0.2, -0.15) is 0 Å². The van der Waals surface area contributed by atoms with Crippen molar-refractivity contribution in [1.29, 1.82) is 0 Å². The molecule has 0 aliphatic rings. The summed E-state index contributed by atoms with van der Waals surface area (Å²) in [4.78, 5) is 0.